The quantitative estimate of drug-likeness (QED) is 0.805. The third kappa shape index (κ3) is 2.15. The molecular formula is C12H16N4. The molecule has 1 aliphatic carbocycles. The SMILES string of the molecule is N#Cc1cccc(NC2(CN)CCCC2)n1. The van der Waals surface area contributed by atoms with Crippen molar-refractivity contribution in [2.75, 3.05) is 11.9 Å². The van der Waals surface area contributed by atoms with Crippen LogP contribution in [0.15, 0.2) is 18.2 Å². The first-order chi connectivity index (χ1) is 7.78. The van der Waals surface area contributed by atoms with Gasteiger partial charge in [-0.2, -0.15) is 5.26 Å². The lowest BCUT2D eigenvalue weighted by atomic mass is 9.98. The fourth-order valence-corrected chi connectivity index (χ4v) is 2.27. The van der Waals surface area contributed by atoms with Crippen molar-refractivity contribution in [3.8, 4) is 6.07 Å². The monoisotopic (exact) mass is 216 g/mol. The highest BCUT2D eigenvalue weighted by atomic mass is 15.1. The molecule has 1 aliphatic rings. The summed E-state index contributed by atoms with van der Waals surface area (Å²) < 4.78 is 0. The molecule has 0 spiro atoms. The summed E-state index contributed by atoms with van der Waals surface area (Å²) in [6.45, 7) is 0.617. The Morgan fingerprint density at radius 2 is 2.19 bits per heavy atom. The maximum absolute atomic E-state index is 8.78. The van der Waals surface area contributed by atoms with Crippen molar-refractivity contribution >= 4 is 5.82 Å². The van der Waals surface area contributed by atoms with E-state index in [0.29, 0.717) is 12.2 Å². The molecule has 0 bridgehead atoms. The van der Waals surface area contributed by atoms with Crippen LogP contribution in [0.25, 0.3) is 0 Å². The fraction of sp³-hybridized carbons (Fsp3) is 0.500. The van der Waals surface area contributed by atoms with Crippen LogP contribution in [0.5, 0.6) is 0 Å². The Bertz CT molecular complexity index is 402. The molecule has 4 heteroatoms. The maximum atomic E-state index is 8.78. The van der Waals surface area contributed by atoms with Crippen LogP contribution in [-0.2, 0) is 0 Å². The van der Waals surface area contributed by atoms with Gasteiger partial charge in [0.2, 0.25) is 0 Å². The van der Waals surface area contributed by atoms with Crippen LogP contribution in [0.2, 0.25) is 0 Å². The Hall–Kier alpha value is -1.60. The minimum Gasteiger partial charge on any atom is -0.363 e. The second-order valence-electron chi connectivity index (χ2n) is 4.34. The lowest BCUT2D eigenvalue weighted by Gasteiger charge is -2.29. The van der Waals surface area contributed by atoms with Crippen molar-refractivity contribution in [2.24, 2.45) is 5.73 Å². The van der Waals surface area contributed by atoms with Gasteiger partial charge in [0.05, 0.1) is 5.54 Å². The number of aromatic nitrogens is 1. The average molecular weight is 216 g/mol. The molecule has 0 atom stereocenters. The molecule has 1 heterocycles. The highest BCUT2D eigenvalue weighted by Gasteiger charge is 2.32. The highest BCUT2D eigenvalue weighted by Crippen LogP contribution is 2.31. The molecule has 0 amide bonds. The smallest absolute Gasteiger partial charge is 0.142 e. The van der Waals surface area contributed by atoms with E-state index in [9.17, 15) is 0 Å². The molecule has 1 fully saturated rings. The zero-order valence-electron chi connectivity index (χ0n) is 9.24. The number of hydrogen-bond acceptors (Lipinski definition) is 4. The van der Waals surface area contributed by atoms with Crippen molar-refractivity contribution < 1.29 is 0 Å². The van der Waals surface area contributed by atoms with Crippen molar-refractivity contribution in [2.45, 2.75) is 31.2 Å². The van der Waals surface area contributed by atoms with E-state index in [2.05, 4.69) is 10.3 Å². The van der Waals surface area contributed by atoms with Gasteiger partial charge in [0, 0.05) is 6.54 Å². The van der Waals surface area contributed by atoms with Crippen LogP contribution in [0.4, 0.5) is 5.82 Å². The fourth-order valence-electron chi connectivity index (χ4n) is 2.27. The van der Waals surface area contributed by atoms with Gasteiger partial charge in [0.25, 0.3) is 0 Å². The summed E-state index contributed by atoms with van der Waals surface area (Å²) in [6, 6.07) is 7.47. The van der Waals surface area contributed by atoms with E-state index in [1.165, 1.54) is 12.8 Å². The van der Waals surface area contributed by atoms with Crippen LogP contribution in [0, 0.1) is 11.3 Å². The number of nitrogens with two attached hydrogens (primary N) is 1. The summed E-state index contributed by atoms with van der Waals surface area (Å²) in [6.07, 6.45) is 4.59. The van der Waals surface area contributed by atoms with Crippen LogP contribution in [-0.4, -0.2) is 17.1 Å². The molecule has 3 N–H and O–H groups in total. The Kier molecular flexibility index (Phi) is 3.07. The Labute approximate surface area is 95.5 Å². The Balaban J connectivity index is 2.16. The van der Waals surface area contributed by atoms with E-state index < -0.39 is 0 Å². The molecule has 0 unspecified atom stereocenters. The van der Waals surface area contributed by atoms with Gasteiger partial charge in [-0.05, 0) is 25.0 Å². The molecular weight excluding hydrogens is 200 g/mol. The molecule has 2 rings (SSSR count). The topological polar surface area (TPSA) is 74.7 Å². The number of nitriles is 1. The summed E-state index contributed by atoms with van der Waals surface area (Å²) in [5.74, 6) is 0.756. The number of pyridine rings is 1. The molecule has 1 aromatic heterocycles. The summed E-state index contributed by atoms with van der Waals surface area (Å²) >= 11 is 0. The van der Waals surface area contributed by atoms with Gasteiger partial charge in [-0.15, -0.1) is 0 Å². The van der Waals surface area contributed by atoms with Crippen molar-refractivity contribution in [3.05, 3.63) is 23.9 Å². The van der Waals surface area contributed by atoms with Gasteiger partial charge in [-0.3, -0.25) is 0 Å². The number of rotatable bonds is 3. The summed E-state index contributed by atoms with van der Waals surface area (Å²) in [5, 5.41) is 12.2. The van der Waals surface area contributed by atoms with E-state index in [0.717, 1.165) is 18.7 Å². The summed E-state index contributed by atoms with van der Waals surface area (Å²) in [4.78, 5) is 4.22. The number of nitrogens with one attached hydrogen (secondary N) is 1. The largest absolute Gasteiger partial charge is 0.363 e. The molecule has 0 aromatic carbocycles. The number of nitrogens with zero attached hydrogens (tertiary/aromatic N) is 2. The van der Waals surface area contributed by atoms with Gasteiger partial charge >= 0.3 is 0 Å². The number of anilines is 1. The van der Waals surface area contributed by atoms with E-state index in [1.54, 1.807) is 6.07 Å². The molecule has 4 nitrogen and oxygen atoms in total. The van der Waals surface area contributed by atoms with E-state index in [4.69, 9.17) is 11.0 Å². The zero-order chi connectivity index (χ0) is 11.4. The van der Waals surface area contributed by atoms with Gasteiger partial charge in [0.15, 0.2) is 0 Å². The van der Waals surface area contributed by atoms with Gasteiger partial charge in [-0.25, -0.2) is 4.98 Å². The van der Waals surface area contributed by atoms with Crippen molar-refractivity contribution in [3.63, 3.8) is 0 Å². The molecule has 0 radical (unpaired) electrons. The van der Waals surface area contributed by atoms with Crippen LogP contribution in [0.3, 0.4) is 0 Å². The summed E-state index contributed by atoms with van der Waals surface area (Å²) in [7, 11) is 0. The normalized spacial score (nSPS) is 18.0. The molecule has 0 saturated heterocycles. The van der Waals surface area contributed by atoms with Crippen molar-refractivity contribution in [1.82, 2.24) is 4.98 Å². The molecule has 0 aliphatic heterocycles. The zero-order valence-corrected chi connectivity index (χ0v) is 9.24. The lowest BCUT2D eigenvalue weighted by Crippen LogP contribution is -2.43. The molecule has 1 aromatic rings. The molecule has 84 valence electrons. The Morgan fingerprint density at radius 3 is 2.81 bits per heavy atom. The van der Waals surface area contributed by atoms with Crippen LogP contribution in [0.1, 0.15) is 31.4 Å². The van der Waals surface area contributed by atoms with Crippen LogP contribution < -0.4 is 11.1 Å². The first kappa shape index (κ1) is 10.9. The second-order valence-corrected chi connectivity index (χ2v) is 4.34. The molecule has 1 saturated carbocycles. The standard InChI is InChI=1S/C12H16N4/c13-8-10-4-3-5-11(15-10)16-12(9-14)6-1-2-7-12/h3-5H,1-2,6-7,9,14H2,(H,15,16). The van der Waals surface area contributed by atoms with Gasteiger partial charge in [-0.1, -0.05) is 18.9 Å². The van der Waals surface area contributed by atoms with E-state index in [1.807, 2.05) is 18.2 Å². The minimum atomic E-state index is -0.0128. The summed E-state index contributed by atoms with van der Waals surface area (Å²) in [5.41, 5.74) is 6.26. The Morgan fingerprint density at radius 1 is 1.44 bits per heavy atom. The minimum absolute atomic E-state index is 0.0128. The maximum Gasteiger partial charge on any atom is 0.142 e. The van der Waals surface area contributed by atoms with Gasteiger partial charge < -0.3 is 11.1 Å². The van der Waals surface area contributed by atoms with E-state index in [-0.39, 0.29) is 5.54 Å². The second kappa shape index (κ2) is 4.50. The highest BCUT2D eigenvalue weighted by molar-refractivity contribution is 5.41. The third-order valence-electron chi connectivity index (χ3n) is 3.21. The average Bonchev–Trinajstić information content (AvgIpc) is 2.78. The van der Waals surface area contributed by atoms with E-state index >= 15 is 0 Å². The third-order valence-corrected chi connectivity index (χ3v) is 3.21. The van der Waals surface area contributed by atoms with Crippen molar-refractivity contribution in [1.29, 1.82) is 5.26 Å². The van der Waals surface area contributed by atoms with Gasteiger partial charge in [0.1, 0.15) is 17.6 Å². The first-order valence-corrected chi connectivity index (χ1v) is 5.63. The first-order valence-electron chi connectivity index (χ1n) is 5.63. The lowest BCUT2D eigenvalue weighted by molar-refractivity contribution is 0.491. The predicted octanol–water partition coefficient (Wildman–Crippen LogP) is 1.64. The molecule has 16 heavy (non-hydrogen) atoms. The predicted molar refractivity (Wildman–Crippen MR) is 62.8 cm³/mol. The van der Waals surface area contributed by atoms with Crippen LogP contribution >= 0.6 is 0 Å². The number of hydrogen-bond donors (Lipinski definition) is 2.